The van der Waals surface area contributed by atoms with Crippen LogP contribution in [0, 0.1) is 5.82 Å². The highest BCUT2D eigenvalue weighted by Gasteiger charge is 2.31. The number of rotatable bonds is 2. The number of hydrogen-bond acceptors (Lipinski definition) is 1. The van der Waals surface area contributed by atoms with Crippen molar-refractivity contribution >= 4 is 17.5 Å². The maximum Gasteiger partial charge on any atom is 0.254 e. The van der Waals surface area contributed by atoms with Gasteiger partial charge in [0, 0.05) is 17.1 Å². The van der Waals surface area contributed by atoms with Gasteiger partial charge in [0.1, 0.15) is 5.82 Å². The average Bonchev–Trinajstić information content (AvgIpc) is 2.97. The molecule has 0 spiro atoms. The van der Waals surface area contributed by atoms with Crippen LogP contribution in [0.1, 0.15) is 34.8 Å². The average molecular weight is 304 g/mol. The topological polar surface area (TPSA) is 20.3 Å². The van der Waals surface area contributed by atoms with Crippen LogP contribution in [0.3, 0.4) is 0 Å². The van der Waals surface area contributed by atoms with E-state index in [9.17, 15) is 9.18 Å². The number of carbonyl (C=O) groups is 1. The van der Waals surface area contributed by atoms with Gasteiger partial charge in [-0.2, -0.15) is 0 Å². The van der Waals surface area contributed by atoms with Crippen molar-refractivity contribution in [3.05, 3.63) is 70.5 Å². The summed E-state index contributed by atoms with van der Waals surface area (Å²) >= 11 is 6.25. The Labute approximate surface area is 128 Å². The molecule has 0 radical (unpaired) electrons. The molecule has 1 heterocycles. The lowest BCUT2D eigenvalue weighted by molar-refractivity contribution is 0.0735. The van der Waals surface area contributed by atoms with E-state index in [0.717, 1.165) is 18.4 Å². The zero-order valence-corrected chi connectivity index (χ0v) is 12.2. The van der Waals surface area contributed by atoms with Crippen molar-refractivity contribution in [1.29, 1.82) is 0 Å². The molecule has 1 aliphatic rings. The molecule has 0 bridgehead atoms. The molecule has 2 nitrogen and oxygen atoms in total. The molecule has 0 aromatic heterocycles. The fourth-order valence-corrected chi connectivity index (χ4v) is 3.10. The Kier molecular flexibility index (Phi) is 3.93. The van der Waals surface area contributed by atoms with Crippen molar-refractivity contribution in [2.45, 2.75) is 18.9 Å². The molecule has 0 N–H and O–H groups in total. The monoisotopic (exact) mass is 303 g/mol. The van der Waals surface area contributed by atoms with Crippen LogP contribution >= 0.6 is 11.6 Å². The summed E-state index contributed by atoms with van der Waals surface area (Å²) in [7, 11) is 0. The first-order valence-electron chi connectivity index (χ1n) is 6.98. The third kappa shape index (κ3) is 2.79. The summed E-state index contributed by atoms with van der Waals surface area (Å²) in [6.07, 6.45) is 1.85. The Morgan fingerprint density at radius 1 is 1.14 bits per heavy atom. The van der Waals surface area contributed by atoms with Crippen LogP contribution < -0.4 is 0 Å². The number of carbonyl (C=O) groups excluding carboxylic acids is 1. The van der Waals surface area contributed by atoms with E-state index in [4.69, 9.17) is 11.6 Å². The second kappa shape index (κ2) is 5.86. The van der Waals surface area contributed by atoms with Crippen LogP contribution in [-0.4, -0.2) is 17.4 Å². The van der Waals surface area contributed by atoms with Crippen molar-refractivity contribution in [3.8, 4) is 0 Å². The highest BCUT2D eigenvalue weighted by atomic mass is 35.5. The van der Waals surface area contributed by atoms with Gasteiger partial charge in [0.25, 0.3) is 5.91 Å². The van der Waals surface area contributed by atoms with Crippen LogP contribution in [0.25, 0.3) is 0 Å². The standard InChI is InChI=1S/C17H15ClFNO/c18-15-5-2-1-4-14(15)16-6-3-11-20(16)17(21)12-7-9-13(19)10-8-12/h1-2,4-5,7-10,16H,3,6,11H2. The highest BCUT2D eigenvalue weighted by Crippen LogP contribution is 2.36. The molecule has 1 atom stereocenters. The summed E-state index contributed by atoms with van der Waals surface area (Å²) < 4.78 is 13.0. The summed E-state index contributed by atoms with van der Waals surface area (Å²) in [6.45, 7) is 0.700. The van der Waals surface area contributed by atoms with E-state index in [1.54, 1.807) is 0 Å². The number of amides is 1. The molecule has 4 heteroatoms. The molecule has 2 aromatic rings. The van der Waals surface area contributed by atoms with Crippen LogP contribution in [0.4, 0.5) is 4.39 Å². The Morgan fingerprint density at radius 2 is 1.86 bits per heavy atom. The zero-order valence-electron chi connectivity index (χ0n) is 11.4. The van der Waals surface area contributed by atoms with Crippen LogP contribution in [-0.2, 0) is 0 Å². The van der Waals surface area contributed by atoms with Crippen LogP contribution in [0.2, 0.25) is 5.02 Å². The fourth-order valence-electron chi connectivity index (χ4n) is 2.84. The van der Waals surface area contributed by atoms with Crippen LogP contribution in [0.5, 0.6) is 0 Å². The minimum Gasteiger partial charge on any atom is -0.332 e. The van der Waals surface area contributed by atoms with E-state index in [2.05, 4.69) is 0 Å². The van der Waals surface area contributed by atoms with Gasteiger partial charge in [-0.15, -0.1) is 0 Å². The number of hydrogen-bond donors (Lipinski definition) is 0. The fraction of sp³-hybridized carbons (Fsp3) is 0.235. The van der Waals surface area contributed by atoms with E-state index in [1.165, 1.54) is 24.3 Å². The Hall–Kier alpha value is -1.87. The summed E-state index contributed by atoms with van der Waals surface area (Å²) in [4.78, 5) is 14.4. The SMILES string of the molecule is O=C(c1ccc(F)cc1)N1CCCC1c1ccccc1Cl. The van der Waals surface area contributed by atoms with Crippen molar-refractivity contribution in [2.75, 3.05) is 6.54 Å². The van der Waals surface area contributed by atoms with E-state index in [-0.39, 0.29) is 17.8 Å². The van der Waals surface area contributed by atoms with Gasteiger partial charge in [0.2, 0.25) is 0 Å². The summed E-state index contributed by atoms with van der Waals surface area (Å²) in [5.74, 6) is -0.409. The van der Waals surface area contributed by atoms with Gasteiger partial charge in [0.15, 0.2) is 0 Å². The third-order valence-electron chi connectivity index (χ3n) is 3.87. The number of benzene rings is 2. The normalized spacial score (nSPS) is 18.0. The van der Waals surface area contributed by atoms with Crippen LogP contribution in [0.15, 0.2) is 48.5 Å². The van der Waals surface area contributed by atoms with Crippen molar-refractivity contribution in [1.82, 2.24) is 4.90 Å². The first-order chi connectivity index (χ1) is 10.2. The van der Waals surface area contributed by atoms with Gasteiger partial charge >= 0.3 is 0 Å². The molecule has 1 aliphatic heterocycles. The lowest BCUT2D eigenvalue weighted by Crippen LogP contribution is -2.30. The molecule has 0 saturated carbocycles. The molecule has 1 saturated heterocycles. The molecular formula is C17H15ClFNO. The molecule has 1 unspecified atom stereocenters. The molecule has 1 fully saturated rings. The largest absolute Gasteiger partial charge is 0.332 e. The van der Waals surface area contributed by atoms with E-state index >= 15 is 0 Å². The summed E-state index contributed by atoms with van der Waals surface area (Å²) in [5, 5.41) is 0.682. The smallest absolute Gasteiger partial charge is 0.254 e. The van der Waals surface area contributed by atoms with Gasteiger partial charge in [-0.3, -0.25) is 4.79 Å². The molecule has 21 heavy (non-hydrogen) atoms. The van der Waals surface area contributed by atoms with Crippen molar-refractivity contribution in [2.24, 2.45) is 0 Å². The number of nitrogens with zero attached hydrogens (tertiary/aromatic N) is 1. The minimum absolute atomic E-state index is 0.00347. The third-order valence-corrected chi connectivity index (χ3v) is 4.21. The van der Waals surface area contributed by atoms with Gasteiger partial charge in [-0.05, 0) is 48.7 Å². The summed E-state index contributed by atoms with van der Waals surface area (Å²) in [6, 6.07) is 13.3. The predicted molar refractivity (Wildman–Crippen MR) is 80.9 cm³/mol. The maximum atomic E-state index is 13.0. The van der Waals surface area contributed by atoms with E-state index in [1.807, 2.05) is 29.2 Å². The minimum atomic E-state index is -0.337. The second-order valence-electron chi connectivity index (χ2n) is 5.18. The summed E-state index contributed by atoms with van der Waals surface area (Å²) in [5.41, 5.74) is 1.49. The second-order valence-corrected chi connectivity index (χ2v) is 5.59. The Balaban J connectivity index is 1.89. The molecular weight excluding hydrogens is 289 g/mol. The maximum absolute atomic E-state index is 13.0. The van der Waals surface area contributed by atoms with Crippen molar-refractivity contribution < 1.29 is 9.18 Å². The van der Waals surface area contributed by atoms with E-state index in [0.29, 0.717) is 17.1 Å². The lowest BCUT2D eigenvalue weighted by atomic mass is 10.0. The van der Waals surface area contributed by atoms with Gasteiger partial charge in [-0.1, -0.05) is 29.8 Å². The molecule has 1 amide bonds. The Morgan fingerprint density at radius 3 is 2.57 bits per heavy atom. The van der Waals surface area contributed by atoms with Gasteiger partial charge < -0.3 is 4.90 Å². The predicted octanol–water partition coefficient (Wildman–Crippen LogP) is 4.46. The molecule has 0 aliphatic carbocycles. The quantitative estimate of drug-likeness (QED) is 0.802. The van der Waals surface area contributed by atoms with E-state index < -0.39 is 0 Å². The molecule has 2 aromatic carbocycles. The molecule has 108 valence electrons. The number of likely N-dealkylation sites (tertiary alicyclic amines) is 1. The first-order valence-corrected chi connectivity index (χ1v) is 7.35. The lowest BCUT2D eigenvalue weighted by Gasteiger charge is -2.26. The first kappa shape index (κ1) is 14.1. The Bertz CT molecular complexity index is 656. The highest BCUT2D eigenvalue weighted by molar-refractivity contribution is 6.31. The number of halogens is 2. The zero-order chi connectivity index (χ0) is 14.8. The molecule has 3 rings (SSSR count). The van der Waals surface area contributed by atoms with Crippen molar-refractivity contribution in [3.63, 3.8) is 0 Å². The van der Waals surface area contributed by atoms with Gasteiger partial charge in [-0.25, -0.2) is 4.39 Å². The van der Waals surface area contributed by atoms with Gasteiger partial charge in [0.05, 0.1) is 6.04 Å².